The fourth-order valence-corrected chi connectivity index (χ4v) is 13.5. The number of ether oxygens (including phenoxy) is 17. The van der Waals surface area contributed by atoms with E-state index in [4.69, 9.17) is 80.5 Å². The number of benzene rings is 8. The van der Waals surface area contributed by atoms with Gasteiger partial charge in [0.15, 0.2) is 31.3 Å². The third-order valence-corrected chi connectivity index (χ3v) is 18.7. The SMILES string of the molecule is C=CCO[C@@H]1O[C@@H](C)[C@H](OCc2ccccc2)[C@@H](O[C@@H]2O[C@@H](C)[C@H](OCc3ccccc3)[C@@H](OCc3ccccc3)[C@H]2O[C@@H]2O[C@@H](C)[C@H](OCc3ccccc3)[C@@H](O[C@H]3O[C@H](COCc4ccccc4)[C@@H](OCc4ccccc4)[C@H](OCc4ccccc4)[C@H]3OCc3ccccc3)[C@H]2O)[C@H]1OC(C)=O. The quantitative estimate of drug-likeness (QED) is 0.0291. The molecule has 550 valence electrons. The zero-order chi connectivity index (χ0) is 71.8. The average Bonchev–Trinajstić information content (AvgIpc) is 0.766. The van der Waals surface area contributed by atoms with Gasteiger partial charge in [0.2, 0.25) is 0 Å². The maximum Gasteiger partial charge on any atom is 0.303 e. The summed E-state index contributed by atoms with van der Waals surface area (Å²) in [6.07, 6.45) is -20.6. The molecule has 4 fully saturated rings. The second kappa shape index (κ2) is 39.1. The summed E-state index contributed by atoms with van der Waals surface area (Å²) in [6.45, 7) is 12.0. The Morgan fingerprint density at radius 1 is 0.337 bits per heavy atom. The van der Waals surface area contributed by atoms with Crippen molar-refractivity contribution in [2.75, 3.05) is 13.2 Å². The molecule has 104 heavy (non-hydrogen) atoms. The minimum Gasteiger partial charge on any atom is -0.454 e. The lowest BCUT2D eigenvalue weighted by Gasteiger charge is -2.51. The van der Waals surface area contributed by atoms with Crippen molar-refractivity contribution >= 4 is 5.97 Å². The number of aliphatic hydroxyl groups excluding tert-OH is 1. The molecule has 19 nitrogen and oxygen atoms in total. The number of carbonyl (C=O) groups is 1. The van der Waals surface area contributed by atoms with Crippen molar-refractivity contribution in [3.63, 3.8) is 0 Å². The smallest absolute Gasteiger partial charge is 0.303 e. The molecule has 1 N–H and O–H groups in total. The Morgan fingerprint density at radius 2 is 0.635 bits per heavy atom. The molecule has 4 saturated heterocycles. The molecule has 0 spiro atoms. The molecule has 20 atom stereocenters. The van der Waals surface area contributed by atoms with Gasteiger partial charge in [-0.15, -0.1) is 6.58 Å². The number of esters is 1. The van der Waals surface area contributed by atoms with Crippen molar-refractivity contribution in [3.8, 4) is 0 Å². The Kier molecular flexibility index (Phi) is 28.5. The highest BCUT2D eigenvalue weighted by molar-refractivity contribution is 5.66. The molecule has 8 aromatic rings. The van der Waals surface area contributed by atoms with Crippen molar-refractivity contribution in [1.82, 2.24) is 0 Å². The second-order valence-corrected chi connectivity index (χ2v) is 26.5. The van der Waals surface area contributed by atoms with Crippen LogP contribution in [0, 0.1) is 0 Å². The molecular formula is C85H96O19. The Balaban J connectivity index is 0.950. The highest BCUT2D eigenvalue weighted by Gasteiger charge is 2.58. The van der Waals surface area contributed by atoms with Gasteiger partial charge in [-0.05, 0) is 65.3 Å². The molecule has 8 aromatic carbocycles. The van der Waals surface area contributed by atoms with Crippen LogP contribution in [-0.2, 0) is 138 Å². The highest BCUT2D eigenvalue weighted by atomic mass is 16.8. The van der Waals surface area contributed by atoms with Crippen LogP contribution in [0.3, 0.4) is 0 Å². The lowest BCUT2D eigenvalue weighted by Crippen LogP contribution is -2.68. The monoisotopic (exact) mass is 1420 g/mol. The first-order valence-electron chi connectivity index (χ1n) is 35.9. The maximum atomic E-state index is 13.8. The first-order chi connectivity index (χ1) is 51.0. The van der Waals surface area contributed by atoms with Gasteiger partial charge in [-0.3, -0.25) is 4.79 Å². The first-order valence-corrected chi connectivity index (χ1v) is 35.9. The van der Waals surface area contributed by atoms with E-state index in [9.17, 15) is 9.90 Å². The molecule has 0 aliphatic carbocycles. The standard InChI is InChI=1S/C85H96O19/c1-6-47-89-83-81(100-60(5)86)78(73(59(4)98-83)92-51-64-37-21-10-22-38-64)103-85-80(76(94-53-66-41-25-12-26-42-66)72(58(3)99-85)91-50-63-35-19-9-20-36-63)104-82-70(87)75(71(57(2)97-82)90-49-62-33-17-8-18-34-62)102-84-79(96-55-68-45-29-14-30-46-68)77(95-54-67-43-27-13-28-44-67)74(93-52-65-39-23-11-24-40-65)69(101-84)56-88-48-61-31-15-7-16-32-61/h6-46,57-59,69-85,87H,1,47-56H2,2-5H3/t57-,58-,59-,69+,70+,71-,72-,73-,74+,75-,76+,77-,78+,79+,80+,81+,82-,83+,84+,85-/m0/s1. The maximum absolute atomic E-state index is 13.8. The van der Waals surface area contributed by atoms with Crippen molar-refractivity contribution in [2.24, 2.45) is 0 Å². The van der Waals surface area contributed by atoms with Crippen LogP contribution in [0.1, 0.15) is 72.2 Å². The molecule has 0 aromatic heterocycles. The van der Waals surface area contributed by atoms with Gasteiger partial charge in [0.1, 0.15) is 73.2 Å². The topological polar surface area (TPSA) is 194 Å². The number of hydrogen-bond donors (Lipinski definition) is 1. The van der Waals surface area contributed by atoms with Crippen LogP contribution in [0.2, 0.25) is 0 Å². The molecule has 19 heteroatoms. The predicted octanol–water partition coefficient (Wildman–Crippen LogP) is 12.9. The molecule has 0 unspecified atom stereocenters. The van der Waals surface area contributed by atoms with Gasteiger partial charge in [-0.25, -0.2) is 0 Å². The molecule has 4 aliphatic heterocycles. The van der Waals surface area contributed by atoms with Crippen molar-refractivity contribution in [2.45, 2.75) is 203 Å². The van der Waals surface area contributed by atoms with Crippen LogP contribution < -0.4 is 0 Å². The zero-order valence-electron chi connectivity index (χ0n) is 59.3. The summed E-state index contributed by atoms with van der Waals surface area (Å²) in [5.74, 6) is -0.632. The summed E-state index contributed by atoms with van der Waals surface area (Å²) in [6, 6.07) is 78.4. The van der Waals surface area contributed by atoms with Crippen LogP contribution in [-0.4, -0.2) is 147 Å². The summed E-state index contributed by atoms with van der Waals surface area (Å²) < 4.78 is 119. The van der Waals surface area contributed by atoms with Gasteiger partial charge >= 0.3 is 5.97 Å². The fourth-order valence-electron chi connectivity index (χ4n) is 13.5. The van der Waals surface area contributed by atoms with Crippen LogP contribution in [0.15, 0.2) is 255 Å². The van der Waals surface area contributed by atoms with Crippen LogP contribution in [0.25, 0.3) is 0 Å². The van der Waals surface area contributed by atoms with E-state index in [2.05, 4.69) is 6.58 Å². The van der Waals surface area contributed by atoms with E-state index < -0.39 is 129 Å². The second-order valence-electron chi connectivity index (χ2n) is 26.5. The molecule has 4 aliphatic rings. The van der Waals surface area contributed by atoms with E-state index in [1.54, 1.807) is 6.08 Å². The van der Waals surface area contributed by atoms with Gasteiger partial charge < -0.3 is 85.6 Å². The molecule has 12 rings (SSSR count). The number of carbonyl (C=O) groups excluding carboxylic acids is 1. The van der Waals surface area contributed by atoms with E-state index >= 15 is 0 Å². The van der Waals surface area contributed by atoms with Gasteiger partial charge in [0.05, 0.1) is 84.4 Å². The number of aliphatic hydroxyl groups is 1. The highest BCUT2D eigenvalue weighted by Crippen LogP contribution is 2.41. The summed E-state index contributed by atoms with van der Waals surface area (Å²) in [4.78, 5) is 13.4. The lowest BCUT2D eigenvalue weighted by atomic mass is 9.95. The molecule has 0 saturated carbocycles. The summed E-state index contributed by atoms with van der Waals surface area (Å²) in [7, 11) is 0. The summed E-state index contributed by atoms with van der Waals surface area (Å²) in [5.41, 5.74) is 7.15. The third kappa shape index (κ3) is 21.1. The Morgan fingerprint density at radius 3 is 1.03 bits per heavy atom. The van der Waals surface area contributed by atoms with Gasteiger partial charge in [-0.1, -0.05) is 249 Å². The molecule has 0 amide bonds. The lowest BCUT2D eigenvalue weighted by molar-refractivity contribution is -0.402. The van der Waals surface area contributed by atoms with Crippen molar-refractivity contribution < 1.29 is 90.4 Å². The van der Waals surface area contributed by atoms with Crippen molar-refractivity contribution in [3.05, 3.63) is 300 Å². The van der Waals surface area contributed by atoms with Crippen LogP contribution in [0.5, 0.6) is 0 Å². The Bertz CT molecular complexity index is 3740. The molecule has 0 bridgehead atoms. The minimum atomic E-state index is -1.71. The van der Waals surface area contributed by atoms with Crippen molar-refractivity contribution in [1.29, 1.82) is 0 Å². The number of hydrogen-bond acceptors (Lipinski definition) is 19. The predicted molar refractivity (Wildman–Crippen MR) is 385 cm³/mol. The third-order valence-electron chi connectivity index (χ3n) is 18.7. The number of rotatable bonds is 35. The first kappa shape index (κ1) is 76.0. The van der Waals surface area contributed by atoms with E-state index in [-0.39, 0.29) is 66.1 Å². The average molecular weight is 1420 g/mol. The molecular weight excluding hydrogens is 1320 g/mol. The van der Waals surface area contributed by atoms with Gasteiger partial charge in [0.25, 0.3) is 0 Å². The van der Waals surface area contributed by atoms with E-state index in [1.807, 2.05) is 263 Å². The normalized spacial score (nSPS) is 29.2. The van der Waals surface area contributed by atoms with Crippen LogP contribution in [0.4, 0.5) is 0 Å². The minimum absolute atomic E-state index is 0.0279. The largest absolute Gasteiger partial charge is 0.454 e. The summed E-state index contributed by atoms with van der Waals surface area (Å²) >= 11 is 0. The molecule has 0 radical (unpaired) electrons. The van der Waals surface area contributed by atoms with E-state index in [0.717, 1.165) is 44.5 Å². The van der Waals surface area contributed by atoms with E-state index in [0.29, 0.717) is 0 Å². The summed E-state index contributed by atoms with van der Waals surface area (Å²) in [5, 5.41) is 13.8. The Hall–Kier alpha value is -7.71. The van der Waals surface area contributed by atoms with Gasteiger partial charge in [0, 0.05) is 6.92 Å². The van der Waals surface area contributed by atoms with Gasteiger partial charge in [-0.2, -0.15) is 0 Å². The zero-order valence-corrected chi connectivity index (χ0v) is 59.3. The van der Waals surface area contributed by atoms with E-state index in [1.165, 1.54) is 6.92 Å². The van der Waals surface area contributed by atoms with Crippen LogP contribution >= 0.6 is 0 Å². The molecule has 4 heterocycles. The fraction of sp³-hybridized carbons (Fsp3) is 0.400. The Labute approximate surface area is 610 Å².